The summed E-state index contributed by atoms with van der Waals surface area (Å²) < 4.78 is 32.2. The number of anilines is 1. The van der Waals surface area contributed by atoms with Crippen molar-refractivity contribution < 1.29 is 18.1 Å². The van der Waals surface area contributed by atoms with Gasteiger partial charge in [-0.05, 0) is 38.1 Å². The minimum atomic E-state index is -3.95. The van der Waals surface area contributed by atoms with Crippen LogP contribution in [0.5, 0.6) is 5.75 Å². The largest absolute Gasteiger partial charge is 0.495 e. The molecule has 0 saturated carbocycles. The van der Waals surface area contributed by atoms with Gasteiger partial charge in [-0.2, -0.15) is 0 Å². The lowest BCUT2D eigenvalue weighted by atomic mass is 10.1. The van der Waals surface area contributed by atoms with E-state index in [1.54, 1.807) is 6.92 Å². The molecule has 0 unspecified atom stereocenters. The predicted molar refractivity (Wildman–Crippen MR) is 96.0 cm³/mol. The summed E-state index contributed by atoms with van der Waals surface area (Å²) in [5, 5.41) is 11.3. The molecule has 0 radical (unpaired) electrons. The van der Waals surface area contributed by atoms with Gasteiger partial charge >= 0.3 is 0 Å². The fraction of sp³-hybridized carbons (Fsp3) is 0.250. The minimum absolute atomic E-state index is 0.0222. The van der Waals surface area contributed by atoms with E-state index in [2.05, 4.69) is 0 Å². The van der Waals surface area contributed by atoms with E-state index in [4.69, 9.17) is 16.3 Å². The van der Waals surface area contributed by atoms with E-state index in [-0.39, 0.29) is 33.4 Å². The summed E-state index contributed by atoms with van der Waals surface area (Å²) >= 11 is 6.03. The van der Waals surface area contributed by atoms with Crippen LogP contribution >= 0.6 is 11.6 Å². The van der Waals surface area contributed by atoms with Crippen molar-refractivity contribution in [3.8, 4) is 5.75 Å². The highest BCUT2D eigenvalue weighted by molar-refractivity contribution is 7.92. The zero-order valence-electron chi connectivity index (χ0n) is 13.9. The van der Waals surface area contributed by atoms with Crippen molar-refractivity contribution in [1.29, 1.82) is 0 Å². The van der Waals surface area contributed by atoms with Crippen LogP contribution in [-0.2, 0) is 10.0 Å². The van der Waals surface area contributed by atoms with E-state index in [0.29, 0.717) is 5.75 Å². The molecular formula is C16H17ClN2O5S. The molecule has 2 aromatic carbocycles. The van der Waals surface area contributed by atoms with Gasteiger partial charge in [0, 0.05) is 12.6 Å². The van der Waals surface area contributed by atoms with Gasteiger partial charge in [0.05, 0.1) is 33.2 Å². The highest BCUT2D eigenvalue weighted by atomic mass is 35.5. The van der Waals surface area contributed by atoms with Gasteiger partial charge in [-0.1, -0.05) is 17.7 Å². The molecule has 0 aliphatic carbocycles. The standard InChI is InChI=1S/C16H17ClN2O5S/c1-4-18(14-6-5-7-15(11(14)2)19(20)21)25(22,23)12-8-9-16(24-3)13(17)10-12/h5-10H,4H2,1-3H3. The predicted octanol–water partition coefficient (Wildman–Crippen LogP) is 3.78. The molecule has 9 heteroatoms. The fourth-order valence-corrected chi connectivity index (χ4v) is 4.36. The van der Waals surface area contributed by atoms with Crippen molar-refractivity contribution in [2.24, 2.45) is 0 Å². The van der Waals surface area contributed by atoms with Gasteiger partial charge in [0.25, 0.3) is 15.7 Å². The quantitative estimate of drug-likeness (QED) is 0.558. The lowest BCUT2D eigenvalue weighted by Gasteiger charge is -2.24. The maximum atomic E-state index is 13.0. The molecule has 2 rings (SSSR count). The molecule has 0 aliphatic heterocycles. The van der Waals surface area contributed by atoms with Crippen molar-refractivity contribution in [3.05, 3.63) is 57.1 Å². The molecule has 0 bridgehead atoms. The molecule has 0 N–H and O–H groups in total. The summed E-state index contributed by atoms with van der Waals surface area (Å²) in [4.78, 5) is 10.6. The third kappa shape index (κ3) is 3.54. The van der Waals surface area contributed by atoms with Crippen molar-refractivity contribution in [3.63, 3.8) is 0 Å². The Bertz CT molecular complexity index is 915. The summed E-state index contributed by atoms with van der Waals surface area (Å²) in [6.45, 7) is 3.28. The van der Waals surface area contributed by atoms with E-state index in [9.17, 15) is 18.5 Å². The smallest absolute Gasteiger partial charge is 0.274 e. The van der Waals surface area contributed by atoms with Crippen LogP contribution in [0.25, 0.3) is 0 Å². The number of hydrogen-bond acceptors (Lipinski definition) is 5. The van der Waals surface area contributed by atoms with Gasteiger partial charge in [-0.3, -0.25) is 14.4 Å². The van der Waals surface area contributed by atoms with Gasteiger partial charge < -0.3 is 4.74 Å². The van der Waals surface area contributed by atoms with Gasteiger partial charge in [0.15, 0.2) is 0 Å². The number of nitro benzene ring substituents is 1. The molecule has 25 heavy (non-hydrogen) atoms. The van der Waals surface area contributed by atoms with Crippen LogP contribution < -0.4 is 9.04 Å². The molecular weight excluding hydrogens is 368 g/mol. The number of halogens is 1. The van der Waals surface area contributed by atoms with Crippen LogP contribution in [0.3, 0.4) is 0 Å². The average Bonchev–Trinajstić information content (AvgIpc) is 2.56. The number of hydrogen-bond donors (Lipinski definition) is 0. The first kappa shape index (κ1) is 19.0. The van der Waals surface area contributed by atoms with Crippen LogP contribution in [0.15, 0.2) is 41.3 Å². The van der Waals surface area contributed by atoms with Crippen molar-refractivity contribution >= 4 is 33.0 Å². The molecule has 0 fully saturated rings. The lowest BCUT2D eigenvalue weighted by Crippen LogP contribution is -2.31. The molecule has 0 spiro atoms. The van der Waals surface area contributed by atoms with Gasteiger partial charge in [0.1, 0.15) is 5.75 Å². The molecule has 2 aromatic rings. The molecule has 0 amide bonds. The Labute approximate surface area is 151 Å². The SMILES string of the molecule is CCN(c1cccc([N+](=O)[O-])c1C)S(=O)(=O)c1ccc(OC)c(Cl)c1. The number of nitro groups is 1. The first-order valence-electron chi connectivity index (χ1n) is 7.34. The summed E-state index contributed by atoms with van der Waals surface area (Å²) in [6.07, 6.45) is 0. The Balaban J connectivity index is 2.59. The molecule has 7 nitrogen and oxygen atoms in total. The first-order chi connectivity index (χ1) is 11.7. The van der Waals surface area contributed by atoms with E-state index >= 15 is 0 Å². The zero-order valence-corrected chi connectivity index (χ0v) is 15.5. The highest BCUT2D eigenvalue weighted by Gasteiger charge is 2.28. The first-order valence-corrected chi connectivity index (χ1v) is 9.16. The molecule has 0 aromatic heterocycles. The van der Waals surface area contributed by atoms with Gasteiger partial charge in [-0.25, -0.2) is 8.42 Å². The molecule has 0 saturated heterocycles. The Kier molecular flexibility index (Phi) is 5.54. The highest BCUT2D eigenvalue weighted by Crippen LogP contribution is 2.34. The number of nitrogens with zero attached hydrogens (tertiary/aromatic N) is 2. The Morgan fingerprint density at radius 1 is 1.28 bits per heavy atom. The monoisotopic (exact) mass is 384 g/mol. The zero-order chi connectivity index (χ0) is 18.8. The Morgan fingerprint density at radius 3 is 2.48 bits per heavy atom. The van der Waals surface area contributed by atoms with Crippen LogP contribution in [0.1, 0.15) is 12.5 Å². The number of benzene rings is 2. The maximum absolute atomic E-state index is 13.0. The van der Waals surface area contributed by atoms with E-state index in [1.807, 2.05) is 0 Å². The van der Waals surface area contributed by atoms with E-state index in [0.717, 1.165) is 4.31 Å². The summed E-state index contributed by atoms with van der Waals surface area (Å²) in [5.74, 6) is 0.357. The average molecular weight is 385 g/mol. The number of sulfonamides is 1. The Hall–Kier alpha value is -2.32. The second-order valence-corrected chi connectivity index (χ2v) is 7.41. The second-order valence-electron chi connectivity index (χ2n) is 5.14. The van der Waals surface area contributed by atoms with Gasteiger partial charge in [0.2, 0.25) is 0 Å². The van der Waals surface area contributed by atoms with Crippen LogP contribution in [-0.4, -0.2) is 27.0 Å². The third-order valence-electron chi connectivity index (χ3n) is 3.74. The second kappa shape index (κ2) is 7.28. The number of methoxy groups -OCH3 is 1. The minimum Gasteiger partial charge on any atom is -0.495 e. The number of rotatable bonds is 6. The van der Waals surface area contributed by atoms with E-state index < -0.39 is 14.9 Å². The Morgan fingerprint density at radius 2 is 1.96 bits per heavy atom. The van der Waals surface area contributed by atoms with Gasteiger partial charge in [-0.15, -0.1) is 0 Å². The van der Waals surface area contributed by atoms with Crippen molar-refractivity contribution in [2.75, 3.05) is 18.0 Å². The molecule has 134 valence electrons. The number of ether oxygens (including phenoxy) is 1. The molecule has 0 heterocycles. The summed E-state index contributed by atoms with van der Waals surface area (Å²) in [6, 6.07) is 8.47. The third-order valence-corrected chi connectivity index (χ3v) is 5.92. The molecule has 0 atom stereocenters. The topological polar surface area (TPSA) is 89.8 Å². The van der Waals surface area contributed by atoms with Crippen LogP contribution in [0, 0.1) is 17.0 Å². The fourth-order valence-electron chi connectivity index (χ4n) is 2.48. The van der Waals surface area contributed by atoms with Crippen molar-refractivity contribution in [2.45, 2.75) is 18.7 Å². The van der Waals surface area contributed by atoms with Crippen molar-refractivity contribution in [1.82, 2.24) is 0 Å². The summed E-state index contributed by atoms with van der Waals surface area (Å²) in [7, 11) is -2.52. The summed E-state index contributed by atoms with van der Waals surface area (Å²) in [5.41, 5.74) is 0.389. The van der Waals surface area contributed by atoms with Crippen LogP contribution in [0.4, 0.5) is 11.4 Å². The van der Waals surface area contributed by atoms with Crippen LogP contribution in [0.2, 0.25) is 5.02 Å². The maximum Gasteiger partial charge on any atom is 0.274 e. The normalized spacial score (nSPS) is 11.2. The lowest BCUT2D eigenvalue weighted by molar-refractivity contribution is -0.385. The molecule has 0 aliphatic rings. The van der Waals surface area contributed by atoms with E-state index in [1.165, 1.54) is 50.4 Å².